The van der Waals surface area contributed by atoms with Gasteiger partial charge in [0.1, 0.15) is 0 Å². The summed E-state index contributed by atoms with van der Waals surface area (Å²) in [5.74, 6) is -0.0102. The van der Waals surface area contributed by atoms with Crippen LogP contribution in [0, 0.1) is 0 Å². The van der Waals surface area contributed by atoms with E-state index in [9.17, 15) is 19.8 Å². The molecule has 0 saturated heterocycles. The number of carbonyl (C=O) groups is 2. The highest BCUT2D eigenvalue weighted by molar-refractivity contribution is 5.76. The number of allylic oxidation sites excluding steroid dienone is 4. The first-order chi connectivity index (χ1) is 44.5. The molecule has 0 aromatic carbocycles. The number of nitrogens with one attached hydrogen (secondary N) is 1. The molecule has 0 radical (unpaired) electrons. The van der Waals surface area contributed by atoms with E-state index in [-0.39, 0.29) is 18.5 Å². The normalized spacial score (nSPS) is 12.5. The number of aliphatic hydroxyl groups is 2. The first kappa shape index (κ1) is 88.3. The number of unbranched alkanes of at least 4 members (excludes halogenated alkanes) is 64. The van der Waals surface area contributed by atoms with Crippen LogP contribution in [0.2, 0.25) is 0 Å². The van der Waals surface area contributed by atoms with Gasteiger partial charge in [0.15, 0.2) is 0 Å². The molecule has 90 heavy (non-hydrogen) atoms. The maximum atomic E-state index is 12.6. The quantitative estimate of drug-likeness (QED) is 0.0320. The van der Waals surface area contributed by atoms with Crippen LogP contribution in [-0.2, 0) is 14.3 Å². The molecule has 0 aliphatic heterocycles. The second kappa shape index (κ2) is 79.8. The van der Waals surface area contributed by atoms with Crippen molar-refractivity contribution in [3.8, 4) is 0 Å². The van der Waals surface area contributed by atoms with Crippen LogP contribution in [0.5, 0.6) is 0 Å². The lowest BCUT2D eigenvalue weighted by Crippen LogP contribution is -2.45. The first-order valence-electron chi connectivity index (χ1n) is 41.6. The van der Waals surface area contributed by atoms with Gasteiger partial charge >= 0.3 is 5.97 Å². The molecule has 2 unspecified atom stereocenters. The van der Waals surface area contributed by atoms with E-state index < -0.39 is 12.1 Å². The molecule has 534 valence electrons. The zero-order valence-corrected chi connectivity index (χ0v) is 61.4. The molecule has 0 fully saturated rings. The summed E-state index contributed by atoms with van der Waals surface area (Å²) in [5.41, 5.74) is 0. The molecule has 6 nitrogen and oxygen atoms in total. The summed E-state index contributed by atoms with van der Waals surface area (Å²) < 4.78 is 5.51. The number of amides is 1. The van der Waals surface area contributed by atoms with Crippen molar-refractivity contribution in [2.24, 2.45) is 0 Å². The Hall–Kier alpha value is -1.66. The van der Waals surface area contributed by atoms with E-state index >= 15 is 0 Å². The molecule has 0 aliphatic rings. The topological polar surface area (TPSA) is 95.9 Å². The largest absolute Gasteiger partial charge is 0.466 e. The third kappa shape index (κ3) is 75.4. The monoisotopic (exact) mass is 1270 g/mol. The van der Waals surface area contributed by atoms with Crippen molar-refractivity contribution in [1.29, 1.82) is 0 Å². The van der Waals surface area contributed by atoms with E-state index in [2.05, 4.69) is 43.5 Å². The molecular formula is C84H163NO5. The average molecular weight is 1270 g/mol. The van der Waals surface area contributed by atoms with Gasteiger partial charge in [0.05, 0.1) is 25.4 Å². The van der Waals surface area contributed by atoms with Gasteiger partial charge in [0, 0.05) is 12.8 Å². The van der Waals surface area contributed by atoms with Crippen LogP contribution in [0.25, 0.3) is 0 Å². The van der Waals surface area contributed by atoms with Gasteiger partial charge in [-0.25, -0.2) is 0 Å². The van der Waals surface area contributed by atoms with E-state index in [1.165, 1.54) is 398 Å². The van der Waals surface area contributed by atoms with Gasteiger partial charge in [-0.05, 0) is 77.0 Å². The number of hydrogen-bond acceptors (Lipinski definition) is 5. The first-order valence-corrected chi connectivity index (χ1v) is 41.6. The second-order valence-corrected chi connectivity index (χ2v) is 28.8. The summed E-state index contributed by atoms with van der Waals surface area (Å²) >= 11 is 0. The highest BCUT2D eigenvalue weighted by Crippen LogP contribution is 2.20. The minimum absolute atomic E-state index is 0.0161. The van der Waals surface area contributed by atoms with E-state index in [1.807, 2.05) is 0 Å². The molecule has 0 aromatic rings. The summed E-state index contributed by atoms with van der Waals surface area (Å²) in [7, 11) is 0. The van der Waals surface area contributed by atoms with Gasteiger partial charge in [-0.2, -0.15) is 0 Å². The van der Waals surface area contributed by atoms with Gasteiger partial charge in [0.2, 0.25) is 5.91 Å². The maximum Gasteiger partial charge on any atom is 0.305 e. The predicted molar refractivity (Wildman–Crippen MR) is 398 cm³/mol. The Balaban J connectivity index is 3.35. The number of esters is 1. The zero-order valence-electron chi connectivity index (χ0n) is 61.4. The SMILES string of the molecule is CCCCCCCC/C=C\CCCCCCCCCC(=O)OCCCCCCCCCCCCCC/C=C\CCCCCCCCCCCCCCCCCCC(=O)NC(CO)C(O)CCCCCCCCCCCCCCCCCCCCCCCCCC. The fourth-order valence-electron chi connectivity index (χ4n) is 13.4. The number of rotatable bonds is 79. The van der Waals surface area contributed by atoms with Crippen LogP contribution < -0.4 is 5.32 Å². The maximum absolute atomic E-state index is 12.6. The molecule has 0 heterocycles. The highest BCUT2D eigenvalue weighted by atomic mass is 16.5. The van der Waals surface area contributed by atoms with Crippen LogP contribution in [0.3, 0.4) is 0 Å². The van der Waals surface area contributed by atoms with Crippen molar-refractivity contribution in [2.75, 3.05) is 13.2 Å². The molecule has 6 heteroatoms. The number of ether oxygens (including phenoxy) is 1. The molecule has 3 N–H and O–H groups in total. The van der Waals surface area contributed by atoms with Crippen LogP contribution in [-0.4, -0.2) is 47.4 Å². The Labute approximate surface area is 564 Å². The van der Waals surface area contributed by atoms with Crippen LogP contribution in [0.1, 0.15) is 476 Å². The lowest BCUT2D eigenvalue weighted by Gasteiger charge is -2.22. The molecule has 0 saturated carbocycles. The Kier molecular flexibility index (Phi) is 78.3. The summed E-state index contributed by atoms with van der Waals surface area (Å²) in [4.78, 5) is 24.7. The van der Waals surface area contributed by atoms with E-state index in [4.69, 9.17) is 4.74 Å². The Morgan fingerprint density at radius 3 is 0.789 bits per heavy atom. The van der Waals surface area contributed by atoms with Gasteiger partial charge in [-0.1, -0.05) is 411 Å². The van der Waals surface area contributed by atoms with E-state index in [0.717, 1.165) is 44.9 Å². The molecule has 0 spiro atoms. The van der Waals surface area contributed by atoms with Gasteiger partial charge in [-0.3, -0.25) is 9.59 Å². The molecule has 1 amide bonds. The van der Waals surface area contributed by atoms with Gasteiger partial charge < -0.3 is 20.3 Å². The van der Waals surface area contributed by atoms with Crippen molar-refractivity contribution in [3.05, 3.63) is 24.3 Å². The summed E-state index contributed by atoms with van der Waals surface area (Å²) in [6.45, 7) is 5.00. The van der Waals surface area contributed by atoms with Crippen molar-refractivity contribution < 1.29 is 24.5 Å². The zero-order chi connectivity index (χ0) is 64.9. The molecule has 0 bridgehead atoms. The average Bonchev–Trinajstić information content (AvgIpc) is 3.59. The molecule has 0 aliphatic carbocycles. The Morgan fingerprint density at radius 1 is 0.300 bits per heavy atom. The molecule has 2 atom stereocenters. The minimum Gasteiger partial charge on any atom is -0.466 e. The summed E-state index contributed by atoms with van der Waals surface area (Å²) in [5, 5.41) is 23.5. The molecule has 0 rings (SSSR count). The van der Waals surface area contributed by atoms with E-state index in [0.29, 0.717) is 25.9 Å². The number of carbonyl (C=O) groups excluding carboxylic acids is 2. The van der Waals surface area contributed by atoms with Crippen molar-refractivity contribution >= 4 is 11.9 Å². The summed E-state index contributed by atoms with van der Waals surface area (Å²) in [6.07, 6.45) is 103. The van der Waals surface area contributed by atoms with Crippen molar-refractivity contribution in [1.82, 2.24) is 5.32 Å². The number of aliphatic hydroxyl groups excluding tert-OH is 2. The number of hydrogen-bond donors (Lipinski definition) is 3. The van der Waals surface area contributed by atoms with Crippen LogP contribution >= 0.6 is 0 Å². The van der Waals surface area contributed by atoms with Crippen molar-refractivity contribution in [2.45, 2.75) is 488 Å². The predicted octanol–water partition coefficient (Wildman–Crippen LogP) is 27.6. The second-order valence-electron chi connectivity index (χ2n) is 28.8. The fourth-order valence-corrected chi connectivity index (χ4v) is 13.4. The highest BCUT2D eigenvalue weighted by Gasteiger charge is 2.20. The minimum atomic E-state index is -0.664. The lowest BCUT2D eigenvalue weighted by atomic mass is 10.0. The third-order valence-electron chi connectivity index (χ3n) is 19.7. The van der Waals surface area contributed by atoms with Crippen LogP contribution in [0.15, 0.2) is 24.3 Å². The molecular weight excluding hydrogens is 1100 g/mol. The summed E-state index contributed by atoms with van der Waals surface area (Å²) in [6, 6.07) is -0.541. The smallest absolute Gasteiger partial charge is 0.305 e. The molecule has 0 aromatic heterocycles. The lowest BCUT2D eigenvalue weighted by molar-refractivity contribution is -0.143. The Morgan fingerprint density at radius 2 is 0.522 bits per heavy atom. The Bertz CT molecular complexity index is 1410. The van der Waals surface area contributed by atoms with Gasteiger partial charge in [-0.15, -0.1) is 0 Å². The van der Waals surface area contributed by atoms with Crippen molar-refractivity contribution in [3.63, 3.8) is 0 Å². The van der Waals surface area contributed by atoms with Gasteiger partial charge in [0.25, 0.3) is 0 Å². The van der Waals surface area contributed by atoms with Crippen LogP contribution in [0.4, 0.5) is 0 Å². The fraction of sp³-hybridized carbons (Fsp3) is 0.929. The van der Waals surface area contributed by atoms with E-state index in [1.54, 1.807) is 0 Å². The third-order valence-corrected chi connectivity index (χ3v) is 19.7. The standard InChI is InChI=1S/C84H163NO5/c1-3-5-7-9-11-13-15-17-19-21-22-23-24-35-38-41-45-48-52-56-60-64-68-72-76-82(87)81(80-86)85-83(88)77-73-69-65-61-57-53-49-46-42-39-36-33-31-29-27-25-26-28-30-32-34-37-40-43-47-51-55-59-63-67-71-75-79-90-84(89)78-74-70-66-62-58-54-50-44-20-18-16-14-12-10-8-6-4-2/h18,20,28,30,81-82,86-87H,3-17,19,21-27,29,31-80H2,1-2H3,(H,85,88)/b20-18-,30-28-.